The van der Waals surface area contributed by atoms with Crippen LogP contribution >= 0.6 is 0 Å². The molecule has 84 heavy (non-hydrogen) atoms. The number of likely N-dealkylation sites (N-methyl/N-ethyl adjacent to an activating group) is 2. The van der Waals surface area contributed by atoms with Crippen LogP contribution in [0.5, 0.6) is 11.5 Å². The summed E-state index contributed by atoms with van der Waals surface area (Å²) in [6, 6.07) is 22.6. The highest BCUT2D eigenvalue weighted by molar-refractivity contribution is 6.13. The molecular weight excluding hydrogens is 1080 g/mol. The van der Waals surface area contributed by atoms with Crippen LogP contribution in [-0.4, -0.2) is 104 Å². The number of phenolic OH excluding ortho intramolecular Hbond substituents is 2. The Bertz CT molecular complexity index is 4180. The van der Waals surface area contributed by atoms with Gasteiger partial charge in [0.1, 0.15) is 58.0 Å². The monoisotopic (exact) mass is 1140 g/mol. The van der Waals surface area contributed by atoms with E-state index < -0.39 is 80.8 Å². The number of rotatable bonds is 7. The van der Waals surface area contributed by atoms with Gasteiger partial charge in [-0.05, 0) is 103 Å². The van der Waals surface area contributed by atoms with Crippen molar-refractivity contribution in [3.05, 3.63) is 165 Å². The Hall–Kier alpha value is -9.33. The third-order valence-electron chi connectivity index (χ3n) is 16.7. The minimum atomic E-state index is -0.924. The van der Waals surface area contributed by atoms with Crippen LogP contribution in [-0.2, 0) is 14.4 Å². The lowest BCUT2D eigenvalue weighted by Gasteiger charge is -2.49. The molecule has 4 aromatic heterocycles. The molecular formula is C64H61F4N9O7. The van der Waals surface area contributed by atoms with Gasteiger partial charge in [-0.3, -0.25) is 33.1 Å². The predicted octanol–water partition coefficient (Wildman–Crippen LogP) is 10.5. The second kappa shape index (κ2) is 21.5. The molecule has 2 N–H and O–H groups in total. The van der Waals surface area contributed by atoms with Crippen molar-refractivity contribution >= 4 is 62.5 Å². The molecule has 4 atom stereocenters. The number of benzene rings is 4. The van der Waals surface area contributed by atoms with Crippen LogP contribution in [0.3, 0.4) is 0 Å². The quantitative estimate of drug-likeness (QED) is 0.115. The molecule has 4 aromatic carbocycles. The van der Waals surface area contributed by atoms with Crippen LogP contribution in [0.25, 0.3) is 56.0 Å². The van der Waals surface area contributed by atoms with Gasteiger partial charge in [-0.1, -0.05) is 89.7 Å². The summed E-state index contributed by atoms with van der Waals surface area (Å²) in [5.74, 6) is -5.11. The van der Waals surface area contributed by atoms with Gasteiger partial charge in [0.15, 0.2) is 22.9 Å². The van der Waals surface area contributed by atoms with Crippen molar-refractivity contribution in [3.8, 4) is 45.4 Å². The third kappa shape index (κ3) is 9.00. The minimum Gasteiger partial charge on any atom is -0.507 e. The van der Waals surface area contributed by atoms with Crippen molar-refractivity contribution in [1.82, 2.24) is 24.0 Å². The number of phenols is 2. The molecule has 0 saturated carbocycles. The standard InChI is InChI=1S/C33H31F2N5O4.C31H30F2N4O3/c1-6-26(42)38-16-24-32(43)37(5)30-29(39(24)15-18(38)4)20-14-22(35)28(27-21(34)11-9-13-25(27)41)36-31(20)40(33(30)44)23-12-8-7-10-19(23)17(2)3;1-16(2)18-8-5-6-10-22(18)37-29-19(14-21(33)26(34-29)25-20(32)9-7-11-24(25)38)27-28(31(37)40)35(4)30(39)23-13-12-17(3)15-36(23)27/h6-14,17-18,24,41H,1,15-16H2,2-5H3;5-11,14,16-17,23,38H,12-13,15H2,1-4H3/t18-,24-;17-,23+/m10/s1. The van der Waals surface area contributed by atoms with Crippen molar-refractivity contribution in [1.29, 1.82) is 0 Å². The first-order chi connectivity index (χ1) is 40.0. The fourth-order valence-corrected chi connectivity index (χ4v) is 12.5. The number of hydrogen-bond acceptors (Lipinski definition) is 11. The SMILES string of the molecule is C=CC(=O)N1C[C@@H]2C(=O)N(C)c3c(c4cc(F)c(-c5c(O)cccc5F)nc4n(-c4ccccc4C(C)C)c3=O)N2C[C@H]1C.CC(C)c1ccccc1-n1c(=O)c2c(c3cc(F)c(-c4c(O)cccc4F)nc31)N1C[C@@H](C)CC[C@@H]1C(=O)N2C. The first kappa shape index (κ1) is 56.5. The number of hydrogen-bond donors (Lipinski definition) is 2. The first-order valence-corrected chi connectivity index (χ1v) is 27.8. The maximum Gasteiger partial charge on any atom is 0.282 e. The van der Waals surface area contributed by atoms with Gasteiger partial charge < -0.3 is 34.7 Å². The Morgan fingerprint density at radius 3 is 1.46 bits per heavy atom. The first-order valence-electron chi connectivity index (χ1n) is 27.8. The number of carbonyl (C=O) groups excluding carboxylic acids is 3. The second-order valence-electron chi connectivity index (χ2n) is 22.6. The largest absolute Gasteiger partial charge is 0.507 e. The predicted molar refractivity (Wildman–Crippen MR) is 316 cm³/mol. The van der Waals surface area contributed by atoms with Gasteiger partial charge >= 0.3 is 0 Å². The number of piperazine rings is 1. The fourth-order valence-electron chi connectivity index (χ4n) is 12.5. The van der Waals surface area contributed by atoms with Crippen LogP contribution < -0.4 is 30.7 Å². The van der Waals surface area contributed by atoms with Gasteiger partial charge in [0, 0.05) is 44.0 Å². The van der Waals surface area contributed by atoms with Gasteiger partial charge in [0.2, 0.25) is 11.8 Å². The smallest absolute Gasteiger partial charge is 0.282 e. The van der Waals surface area contributed by atoms with Crippen LogP contribution in [0.15, 0.2) is 119 Å². The highest BCUT2D eigenvalue weighted by Gasteiger charge is 2.47. The number of nitrogens with zero attached hydrogens (tertiary/aromatic N) is 9. The molecule has 2 saturated heterocycles. The summed E-state index contributed by atoms with van der Waals surface area (Å²) >= 11 is 0. The highest BCUT2D eigenvalue weighted by atomic mass is 19.1. The number of pyridine rings is 4. The number of piperidine rings is 1. The van der Waals surface area contributed by atoms with Crippen molar-refractivity contribution in [2.75, 3.05) is 53.3 Å². The third-order valence-corrected chi connectivity index (χ3v) is 16.7. The van der Waals surface area contributed by atoms with E-state index in [1.807, 2.05) is 63.8 Å². The molecule has 0 bridgehead atoms. The summed E-state index contributed by atoms with van der Waals surface area (Å²) < 4.78 is 64.7. The van der Waals surface area contributed by atoms with Gasteiger partial charge in [0.25, 0.3) is 17.0 Å². The topological polar surface area (TPSA) is 178 Å². The number of carbonyl (C=O) groups is 3. The molecule has 12 rings (SSSR count). The van der Waals surface area contributed by atoms with Crippen molar-refractivity contribution in [3.63, 3.8) is 0 Å². The number of aromatic hydroxyl groups is 2. The Labute approximate surface area is 480 Å². The molecule has 432 valence electrons. The Balaban J connectivity index is 0.000000176. The summed E-state index contributed by atoms with van der Waals surface area (Å²) in [6.45, 7) is 16.1. The van der Waals surface area contributed by atoms with E-state index in [0.717, 1.165) is 29.7 Å². The van der Waals surface area contributed by atoms with Crippen molar-refractivity contribution in [2.24, 2.45) is 5.92 Å². The summed E-state index contributed by atoms with van der Waals surface area (Å²) in [4.78, 5) is 85.9. The average molecular weight is 1140 g/mol. The summed E-state index contributed by atoms with van der Waals surface area (Å²) in [5.41, 5.74) is 1.01. The molecule has 4 aliphatic heterocycles. The van der Waals surface area contributed by atoms with E-state index in [1.54, 1.807) is 41.1 Å². The van der Waals surface area contributed by atoms with Crippen molar-refractivity contribution in [2.45, 2.75) is 84.3 Å². The summed E-state index contributed by atoms with van der Waals surface area (Å²) in [5, 5.41) is 21.5. The van der Waals surface area contributed by atoms with Gasteiger partial charge in [-0.15, -0.1) is 0 Å². The van der Waals surface area contributed by atoms with E-state index in [2.05, 4.69) is 23.5 Å². The number of anilines is 4. The number of amides is 3. The van der Waals surface area contributed by atoms with Gasteiger partial charge in [0.05, 0.1) is 40.4 Å². The van der Waals surface area contributed by atoms with E-state index >= 15 is 13.2 Å². The molecule has 0 unspecified atom stereocenters. The molecule has 0 spiro atoms. The zero-order chi connectivity index (χ0) is 60.1. The Morgan fingerprint density at radius 1 is 0.583 bits per heavy atom. The molecule has 0 aliphatic carbocycles. The Kier molecular flexibility index (Phi) is 14.4. The molecule has 2 fully saturated rings. The molecule has 16 nitrogen and oxygen atoms in total. The molecule has 3 amide bonds. The van der Waals surface area contributed by atoms with Crippen LogP contribution in [0.4, 0.5) is 40.3 Å². The molecule has 8 heterocycles. The fraction of sp³-hybridized carbons (Fsp3) is 0.297. The zero-order valence-corrected chi connectivity index (χ0v) is 47.5. The zero-order valence-electron chi connectivity index (χ0n) is 47.5. The molecule has 20 heteroatoms. The summed E-state index contributed by atoms with van der Waals surface area (Å²) in [7, 11) is 3.07. The molecule has 8 aromatic rings. The lowest BCUT2D eigenvalue weighted by molar-refractivity contribution is -0.130. The lowest BCUT2D eigenvalue weighted by Crippen LogP contribution is -2.66. The van der Waals surface area contributed by atoms with Crippen molar-refractivity contribution < 1.29 is 42.2 Å². The van der Waals surface area contributed by atoms with Gasteiger partial charge in [-0.25, -0.2) is 27.5 Å². The number of halogens is 4. The minimum absolute atomic E-state index is 0.0244. The normalized spacial score (nSPS) is 18.4. The van der Waals surface area contributed by atoms with E-state index in [0.29, 0.717) is 41.1 Å². The highest BCUT2D eigenvalue weighted by Crippen LogP contribution is 2.47. The number of aromatic nitrogens is 4. The average Bonchev–Trinajstić information content (AvgIpc) is 0.801. The van der Waals surface area contributed by atoms with E-state index in [-0.39, 0.29) is 82.3 Å². The van der Waals surface area contributed by atoms with E-state index in [4.69, 9.17) is 0 Å². The van der Waals surface area contributed by atoms with Crippen LogP contribution in [0.1, 0.15) is 77.3 Å². The van der Waals surface area contributed by atoms with Gasteiger partial charge in [-0.2, -0.15) is 0 Å². The number of fused-ring (bicyclic) bond motifs is 10. The summed E-state index contributed by atoms with van der Waals surface area (Å²) in [6.07, 6.45) is 2.66. The van der Waals surface area contributed by atoms with Crippen LogP contribution in [0, 0.1) is 29.2 Å². The van der Waals surface area contributed by atoms with E-state index in [9.17, 15) is 38.6 Å². The maximum absolute atomic E-state index is 16.1. The van der Waals surface area contributed by atoms with E-state index in [1.165, 1.54) is 68.5 Å². The second-order valence-corrected chi connectivity index (χ2v) is 22.6. The lowest BCUT2D eigenvalue weighted by atomic mass is 9.90. The Morgan fingerprint density at radius 2 is 1.02 bits per heavy atom. The number of para-hydroxylation sites is 2. The maximum atomic E-state index is 16.1. The molecule has 0 radical (unpaired) electrons. The molecule has 4 aliphatic rings. The van der Waals surface area contributed by atoms with Crippen LogP contribution in [0.2, 0.25) is 0 Å².